The van der Waals surface area contributed by atoms with Gasteiger partial charge in [0.2, 0.25) is 23.6 Å². The van der Waals surface area contributed by atoms with Gasteiger partial charge in [0.05, 0.1) is 25.3 Å². The molecule has 0 aliphatic rings. The van der Waals surface area contributed by atoms with E-state index in [9.17, 15) is 33.6 Å². The molecule has 0 bridgehead atoms. The van der Waals surface area contributed by atoms with Crippen LogP contribution in [0.5, 0.6) is 0 Å². The Morgan fingerprint density at radius 2 is 1.12 bits per heavy atom. The normalized spacial score (nSPS) is 14.3. The number of carboxylic acid groups (broad SMARTS) is 3. The van der Waals surface area contributed by atoms with E-state index in [0.29, 0.717) is 0 Å². The van der Waals surface area contributed by atoms with Crippen molar-refractivity contribution in [1.82, 2.24) is 16.0 Å². The fraction of sp³-hybridized carbons (Fsp3) is 0.611. The van der Waals surface area contributed by atoms with Crippen LogP contribution < -0.4 is 27.4 Å². The summed E-state index contributed by atoms with van der Waals surface area (Å²) >= 11 is 0. The minimum Gasteiger partial charge on any atom is -0.481 e. The summed E-state index contributed by atoms with van der Waals surface area (Å²) in [6.07, 6.45) is -2.40. The van der Waals surface area contributed by atoms with E-state index in [2.05, 4.69) is 10.6 Å². The highest BCUT2D eigenvalue weighted by molar-refractivity contribution is 5.96. The molecule has 0 aromatic rings. The number of aliphatic carboxylic acids is 3. The number of rotatable bonds is 15. The number of carbonyl (C=O) groups is 7. The lowest BCUT2D eigenvalue weighted by atomic mass is 10.0. The number of carbonyl (C=O) groups excluding carboxylic acids is 4. The van der Waals surface area contributed by atoms with Crippen LogP contribution in [0.1, 0.15) is 39.5 Å². The van der Waals surface area contributed by atoms with Crippen LogP contribution >= 0.6 is 0 Å². The third kappa shape index (κ3) is 12.0. The summed E-state index contributed by atoms with van der Waals surface area (Å²) < 4.78 is 0. The summed E-state index contributed by atoms with van der Waals surface area (Å²) in [4.78, 5) is 81.3. The summed E-state index contributed by atoms with van der Waals surface area (Å²) in [5.74, 6) is -8.83. The fourth-order valence-corrected chi connectivity index (χ4v) is 2.59. The number of nitrogens with one attached hydrogen (secondary N) is 3. The first-order valence-electron chi connectivity index (χ1n) is 9.75. The van der Waals surface area contributed by atoms with Gasteiger partial charge in [-0.15, -0.1) is 0 Å². The molecule has 0 aromatic heterocycles. The lowest BCUT2D eigenvalue weighted by molar-refractivity contribution is -0.147. The van der Waals surface area contributed by atoms with Gasteiger partial charge in [-0.3, -0.25) is 28.8 Å². The van der Waals surface area contributed by atoms with E-state index in [1.54, 1.807) is 13.8 Å². The molecule has 186 valence electrons. The molecule has 4 amide bonds. The third-order valence-corrected chi connectivity index (χ3v) is 4.10. The molecule has 15 nitrogen and oxygen atoms in total. The lowest BCUT2D eigenvalue weighted by Gasteiger charge is -2.25. The number of nitrogens with two attached hydrogens (primary N) is 2. The summed E-state index contributed by atoms with van der Waals surface area (Å²) in [5.41, 5.74) is 10.4. The molecule has 0 aromatic carbocycles. The number of hydrogen-bond donors (Lipinski definition) is 8. The Labute approximate surface area is 188 Å². The highest BCUT2D eigenvalue weighted by Gasteiger charge is 2.32. The van der Waals surface area contributed by atoms with Crippen molar-refractivity contribution >= 4 is 41.5 Å². The molecule has 0 aliphatic heterocycles. The van der Waals surface area contributed by atoms with E-state index in [-0.39, 0.29) is 12.3 Å². The van der Waals surface area contributed by atoms with Gasteiger partial charge in [-0.1, -0.05) is 13.8 Å². The number of amides is 4. The highest BCUT2D eigenvalue weighted by Crippen LogP contribution is 2.08. The molecule has 0 saturated carbocycles. The van der Waals surface area contributed by atoms with Crippen LogP contribution in [0, 0.1) is 5.92 Å². The first kappa shape index (κ1) is 29.2. The van der Waals surface area contributed by atoms with E-state index in [1.165, 1.54) is 0 Å². The monoisotopic (exact) mass is 475 g/mol. The van der Waals surface area contributed by atoms with Gasteiger partial charge in [0, 0.05) is 0 Å². The van der Waals surface area contributed by atoms with Gasteiger partial charge >= 0.3 is 17.9 Å². The lowest BCUT2D eigenvalue weighted by Crippen LogP contribution is -2.58. The van der Waals surface area contributed by atoms with E-state index in [4.69, 9.17) is 26.8 Å². The molecule has 0 heterocycles. The summed E-state index contributed by atoms with van der Waals surface area (Å²) in [5, 5.41) is 33.2. The van der Waals surface area contributed by atoms with E-state index < -0.39 is 85.0 Å². The van der Waals surface area contributed by atoms with Crippen molar-refractivity contribution in [3.8, 4) is 0 Å². The maximum Gasteiger partial charge on any atom is 0.326 e. The van der Waals surface area contributed by atoms with Crippen molar-refractivity contribution in [2.24, 2.45) is 17.4 Å². The highest BCUT2D eigenvalue weighted by atomic mass is 16.4. The molecule has 33 heavy (non-hydrogen) atoms. The van der Waals surface area contributed by atoms with Gasteiger partial charge in [0.1, 0.15) is 18.1 Å². The van der Waals surface area contributed by atoms with Gasteiger partial charge in [-0.2, -0.15) is 0 Å². The maximum absolute atomic E-state index is 12.6. The Morgan fingerprint density at radius 1 is 0.697 bits per heavy atom. The SMILES string of the molecule is CC(C)CC(NC(=O)C(CC(=O)O)NC(=O)C(N)CC(N)=O)C(=O)NC(CC(=O)O)C(=O)O. The molecule has 15 heteroatoms. The van der Waals surface area contributed by atoms with Gasteiger partial charge in [0.15, 0.2) is 0 Å². The molecule has 0 saturated heterocycles. The maximum atomic E-state index is 12.6. The minimum atomic E-state index is -1.78. The molecular formula is C18H29N5O10. The fourth-order valence-electron chi connectivity index (χ4n) is 2.59. The second-order valence-corrected chi connectivity index (χ2v) is 7.62. The van der Waals surface area contributed by atoms with E-state index in [1.807, 2.05) is 5.32 Å². The van der Waals surface area contributed by atoms with Crippen molar-refractivity contribution in [2.45, 2.75) is 63.7 Å². The van der Waals surface area contributed by atoms with Crippen molar-refractivity contribution < 1.29 is 48.9 Å². The second kappa shape index (κ2) is 13.6. The molecule has 0 spiro atoms. The Bertz CT molecular complexity index is 785. The van der Waals surface area contributed by atoms with E-state index >= 15 is 0 Å². The molecule has 0 rings (SSSR count). The zero-order chi connectivity index (χ0) is 25.9. The molecule has 0 radical (unpaired) electrons. The average Bonchev–Trinajstić information content (AvgIpc) is 2.64. The predicted octanol–water partition coefficient (Wildman–Crippen LogP) is -3.28. The van der Waals surface area contributed by atoms with E-state index in [0.717, 1.165) is 0 Å². The Balaban J connectivity index is 5.56. The first-order valence-corrected chi connectivity index (χ1v) is 9.75. The molecule has 0 aliphatic carbocycles. The number of primary amides is 1. The van der Waals surface area contributed by atoms with Gasteiger partial charge in [-0.25, -0.2) is 4.79 Å². The van der Waals surface area contributed by atoms with Crippen LogP contribution in [0.25, 0.3) is 0 Å². The van der Waals surface area contributed by atoms with Crippen LogP contribution in [0.2, 0.25) is 0 Å². The number of carboxylic acids is 3. The molecule has 0 fully saturated rings. The first-order chi connectivity index (χ1) is 15.1. The molecule has 4 unspecified atom stereocenters. The zero-order valence-electron chi connectivity index (χ0n) is 18.1. The van der Waals surface area contributed by atoms with Crippen LogP contribution in [0.15, 0.2) is 0 Å². The standard InChI is InChI=1S/C18H29N5O10/c1-7(2)3-9(16(30)23-11(18(32)33)6-14(27)28)22-17(31)10(5-13(25)26)21-15(29)8(19)4-12(20)24/h7-11H,3-6,19H2,1-2H3,(H2,20,24)(H,21,29)(H,22,31)(H,23,30)(H,25,26)(H,27,28)(H,32,33). The van der Waals surface area contributed by atoms with Crippen LogP contribution in [0.4, 0.5) is 0 Å². The predicted molar refractivity (Wildman–Crippen MR) is 109 cm³/mol. The number of hydrogen-bond acceptors (Lipinski definition) is 8. The second-order valence-electron chi connectivity index (χ2n) is 7.62. The van der Waals surface area contributed by atoms with Gasteiger partial charge in [-0.05, 0) is 12.3 Å². The Morgan fingerprint density at radius 3 is 1.55 bits per heavy atom. The smallest absolute Gasteiger partial charge is 0.326 e. The molecular weight excluding hydrogens is 446 g/mol. The minimum absolute atomic E-state index is 0.0219. The van der Waals surface area contributed by atoms with Crippen LogP contribution in [0.3, 0.4) is 0 Å². The van der Waals surface area contributed by atoms with Gasteiger partial charge in [0.25, 0.3) is 0 Å². The van der Waals surface area contributed by atoms with Crippen molar-refractivity contribution in [1.29, 1.82) is 0 Å². The summed E-state index contributed by atoms with van der Waals surface area (Å²) in [7, 11) is 0. The Hall–Kier alpha value is -3.75. The topological polar surface area (TPSA) is 268 Å². The van der Waals surface area contributed by atoms with Crippen molar-refractivity contribution in [2.75, 3.05) is 0 Å². The largest absolute Gasteiger partial charge is 0.481 e. The summed E-state index contributed by atoms with van der Waals surface area (Å²) in [6.45, 7) is 3.36. The third-order valence-electron chi connectivity index (χ3n) is 4.10. The molecule has 10 N–H and O–H groups in total. The Kier molecular flexibility index (Phi) is 12.1. The quantitative estimate of drug-likeness (QED) is 0.116. The average molecular weight is 475 g/mol. The van der Waals surface area contributed by atoms with Crippen molar-refractivity contribution in [3.63, 3.8) is 0 Å². The van der Waals surface area contributed by atoms with Crippen LogP contribution in [-0.2, 0) is 33.6 Å². The zero-order valence-corrected chi connectivity index (χ0v) is 18.1. The van der Waals surface area contributed by atoms with Crippen molar-refractivity contribution in [3.05, 3.63) is 0 Å². The summed E-state index contributed by atoms with van der Waals surface area (Å²) in [6, 6.07) is -6.29. The molecule has 4 atom stereocenters. The van der Waals surface area contributed by atoms with Crippen LogP contribution in [-0.4, -0.2) is 81.0 Å². The van der Waals surface area contributed by atoms with Gasteiger partial charge < -0.3 is 42.7 Å².